The fourth-order valence-corrected chi connectivity index (χ4v) is 5.29. The van der Waals surface area contributed by atoms with Crippen LogP contribution in [-0.2, 0) is 10.0 Å². The van der Waals surface area contributed by atoms with Gasteiger partial charge < -0.3 is 5.32 Å². The summed E-state index contributed by atoms with van der Waals surface area (Å²) < 4.78 is 42.7. The Hall–Kier alpha value is -1.96. The highest BCUT2D eigenvalue weighted by Crippen LogP contribution is 2.31. The maximum Gasteiger partial charge on any atom is 0.255 e. The summed E-state index contributed by atoms with van der Waals surface area (Å²) in [6.45, 7) is 4.09. The lowest BCUT2D eigenvalue weighted by molar-refractivity contribution is 0.102. The Labute approximate surface area is 175 Å². The maximum atomic E-state index is 14.4. The predicted molar refractivity (Wildman–Crippen MR) is 112 cm³/mol. The van der Waals surface area contributed by atoms with Crippen LogP contribution in [0.2, 0.25) is 5.02 Å². The molecule has 3 rings (SSSR count). The molecule has 156 valence electrons. The molecule has 8 heteroatoms. The number of carbonyl (C=O) groups excluding carboxylic acids is 1. The Morgan fingerprint density at radius 3 is 2.62 bits per heavy atom. The molecule has 29 heavy (non-hydrogen) atoms. The number of hydrogen-bond acceptors (Lipinski definition) is 3. The lowest BCUT2D eigenvalue weighted by atomic mass is 9.78. The second kappa shape index (κ2) is 8.81. The molecule has 3 atom stereocenters. The molecule has 0 unspecified atom stereocenters. The summed E-state index contributed by atoms with van der Waals surface area (Å²) in [6.07, 6.45) is 2.68. The summed E-state index contributed by atoms with van der Waals surface area (Å²) in [4.78, 5) is 12.0. The highest BCUT2D eigenvalue weighted by molar-refractivity contribution is 7.89. The molecule has 0 aliphatic heterocycles. The van der Waals surface area contributed by atoms with Crippen LogP contribution in [0.1, 0.15) is 43.5 Å². The fraction of sp³-hybridized carbons (Fsp3) is 0.381. The quantitative estimate of drug-likeness (QED) is 0.701. The maximum absolute atomic E-state index is 14.4. The summed E-state index contributed by atoms with van der Waals surface area (Å²) in [5, 5.41) is 3.08. The largest absolute Gasteiger partial charge is 0.322 e. The average Bonchev–Trinajstić information content (AvgIpc) is 2.65. The van der Waals surface area contributed by atoms with Gasteiger partial charge in [-0.1, -0.05) is 44.4 Å². The van der Waals surface area contributed by atoms with Crippen molar-refractivity contribution in [2.45, 2.75) is 44.0 Å². The van der Waals surface area contributed by atoms with E-state index >= 15 is 0 Å². The Morgan fingerprint density at radius 2 is 1.90 bits per heavy atom. The molecule has 1 aliphatic carbocycles. The normalized spacial score (nSPS) is 22.3. The standard InChI is InChI=1S/C21H24ClFN2O3S/c1-13-5-3-8-19(14(13)2)25-29(27,28)20-11-15(9-10-18(20)23)21(26)24-17-7-4-6-16(22)12-17/h4,6-7,9-14,19,25H,3,5,8H2,1-2H3,(H,24,26)/t13-,14+,19+/m1/s1. The van der Waals surface area contributed by atoms with Crippen LogP contribution in [0.3, 0.4) is 0 Å². The summed E-state index contributed by atoms with van der Waals surface area (Å²) in [6, 6.07) is 9.61. The number of halogens is 2. The van der Waals surface area contributed by atoms with Crippen LogP contribution in [0.4, 0.5) is 10.1 Å². The fourth-order valence-electron chi connectivity index (χ4n) is 3.63. The van der Waals surface area contributed by atoms with E-state index in [1.165, 1.54) is 6.07 Å². The van der Waals surface area contributed by atoms with Crippen molar-refractivity contribution in [2.24, 2.45) is 11.8 Å². The molecular weight excluding hydrogens is 415 g/mol. The Morgan fingerprint density at radius 1 is 1.14 bits per heavy atom. The van der Waals surface area contributed by atoms with Crippen molar-refractivity contribution in [1.82, 2.24) is 4.72 Å². The van der Waals surface area contributed by atoms with Crippen molar-refractivity contribution in [2.75, 3.05) is 5.32 Å². The van der Waals surface area contributed by atoms with Crippen molar-refractivity contribution in [3.05, 3.63) is 58.9 Å². The van der Waals surface area contributed by atoms with Gasteiger partial charge in [-0.2, -0.15) is 0 Å². The van der Waals surface area contributed by atoms with Crippen molar-refractivity contribution < 1.29 is 17.6 Å². The molecule has 1 amide bonds. The molecule has 2 aromatic rings. The van der Waals surface area contributed by atoms with Gasteiger partial charge in [-0.05, 0) is 54.7 Å². The SMILES string of the molecule is C[C@H]1[C@H](C)CCC[C@@H]1NS(=O)(=O)c1cc(C(=O)Nc2cccc(Cl)c2)ccc1F. The molecular formula is C21H24ClFN2O3S. The Bertz CT molecular complexity index is 1010. The Balaban J connectivity index is 1.83. The first kappa shape index (κ1) is 21.7. The van der Waals surface area contributed by atoms with Gasteiger partial charge in [0.25, 0.3) is 5.91 Å². The van der Waals surface area contributed by atoms with Crippen LogP contribution in [0, 0.1) is 17.7 Å². The van der Waals surface area contributed by atoms with Crippen molar-refractivity contribution in [3.63, 3.8) is 0 Å². The van der Waals surface area contributed by atoms with E-state index in [0.717, 1.165) is 25.0 Å². The molecule has 1 saturated carbocycles. The zero-order valence-corrected chi connectivity index (χ0v) is 17.9. The van der Waals surface area contributed by atoms with Gasteiger partial charge in [0.15, 0.2) is 0 Å². The van der Waals surface area contributed by atoms with E-state index in [9.17, 15) is 17.6 Å². The van der Waals surface area contributed by atoms with Gasteiger partial charge in [0.2, 0.25) is 10.0 Å². The summed E-state index contributed by atoms with van der Waals surface area (Å²) in [5.41, 5.74) is 0.496. The molecule has 0 saturated heterocycles. The number of benzene rings is 2. The van der Waals surface area contributed by atoms with Crippen LogP contribution in [0.5, 0.6) is 0 Å². The number of anilines is 1. The molecule has 0 radical (unpaired) electrons. The van der Waals surface area contributed by atoms with Gasteiger partial charge in [0.1, 0.15) is 10.7 Å². The van der Waals surface area contributed by atoms with Crippen molar-refractivity contribution in [1.29, 1.82) is 0 Å². The average molecular weight is 439 g/mol. The van der Waals surface area contributed by atoms with Crippen molar-refractivity contribution >= 4 is 33.2 Å². The second-order valence-electron chi connectivity index (χ2n) is 7.60. The number of sulfonamides is 1. The summed E-state index contributed by atoms with van der Waals surface area (Å²) >= 11 is 5.91. The molecule has 2 N–H and O–H groups in total. The first-order valence-corrected chi connectivity index (χ1v) is 11.4. The third-order valence-electron chi connectivity index (χ3n) is 5.58. The molecule has 1 aliphatic rings. The zero-order valence-electron chi connectivity index (χ0n) is 16.3. The molecule has 5 nitrogen and oxygen atoms in total. The highest BCUT2D eigenvalue weighted by Gasteiger charge is 2.32. The number of amides is 1. The first-order chi connectivity index (χ1) is 13.7. The van der Waals surface area contributed by atoms with Gasteiger partial charge in [-0.25, -0.2) is 17.5 Å². The van der Waals surface area contributed by atoms with E-state index in [0.29, 0.717) is 23.0 Å². The molecule has 1 fully saturated rings. The van der Waals surface area contributed by atoms with E-state index in [1.54, 1.807) is 24.3 Å². The number of hydrogen-bond donors (Lipinski definition) is 2. The van der Waals surface area contributed by atoms with Crippen molar-refractivity contribution in [3.8, 4) is 0 Å². The number of rotatable bonds is 5. The molecule has 0 aromatic heterocycles. The molecule has 0 heterocycles. The number of nitrogens with one attached hydrogen (secondary N) is 2. The molecule has 0 spiro atoms. The lowest BCUT2D eigenvalue weighted by Crippen LogP contribution is -2.43. The van der Waals surface area contributed by atoms with Crippen LogP contribution in [0.25, 0.3) is 0 Å². The van der Waals surface area contributed by atoms with Gasteiger partial charge in [-0.3, -0.25) is 4.79 Å². The van der Waals surface area contributed by atoms with Crippen LogP contribution < -0.4 is 10.0 Å². The first-order valence-electron chi connectivity index (χ1n) is 9.56. The van der Waals surface area contributed by atoms with Crippen LogP contribution >= 0.6 is 11.6 Å². The minimum atomic E-state index is -4.11. The molecule has 0 bridgehead atoms. The zero-order chi connectivity index (χ0) is 21.2. The van der Waals surface area contributed by atoms with E-state index in [2.05, 4.69) is 17.0 Å². The predicted octanol–water partition coefficient (Wildman–Crippen LogP) is 4.83. The lowest BCUT2D eigenvalue weighted by Gasteiger charge is -2.34. The van der Waals surface area contributed by atoms with Gasteiger partial charge >= 0.3 is 0 Å². The Kier molecular flexibility index (Phi) is 6.61. The van der Waals surface area contributed by atoms with Crippen LogP contribution in [-0.4, -0.2) is 20.4 Å². The van der Waals surface area contributed by atoms with Gasteiger partial charge in [0.05, 0.1) is 0 Å². The third kappa shape index (κ3) is 5.15. The van der Waals surface area contributed by atoms with E-state index in [1.807, 2.05) is 6.92 Å². The van der Waals surface area contributed by atoms with E-state index < -0.39 is 26.6 Å². The summed E-state index contributed by atoms with van der Waals surface area (Å²) in [7, 11) is -4.11. The smallest absolute Gasteiger partial charge is 0.255 e. The monoisotopic (exact) mass is 438 g/mol. The summed E-state index contributed by atoms with van der Waals surface area (Å²) in [5.74, 6) is -0.913. The third-order valence-corrected chi connectivity index (χ3v) is 7.32. The van der Waals surface area contributed by atoms with E-state index in [-0.39, 0.29) is 17.5 Å². The van der Waals surface area contributed by atoms with E-state index in [4.69, 9.17) is 11.6 Å². The second-order valence-corrected chi connectivity index (χ2v) is 9.72. The highest BCUT2D eigenvalue weighted by atomic mass is 35.5. The number of carbonyl (C=O) groups is 1. The van der Waals surface area contributed by atoms with Gasteiger partial charge in [-0.15, -0.1) is 0 Å². The van der Waals surface area contributed by atoms with Crippen LogP contribution in [0.15, 0.2) is 47.4 Å². The minimum Gasteiger partial charge on any atom is -0.322 e. The topological polar surface area (TPSA) is 75.3 Å². The molecule has 2 aromatic carbocycles. The minimum absolute atomic E-state index is 0.0387. The van der Waals surface area contributed by atoms with Gasteiger partial charge in [0, 0.05) is 22.3 Å².